The normalized spacial score (nSPS) is 19.0. The zero-order valence-corrected chi connectivity index (χ0v) is 17.3. The number of carbonyl (C=O) groups is 2. The molecule has 1 heterocycles. The Bertz CT molecular complexity index is 981. The molecular formula is C24H25F3N2O2. The summed E-state index contributed by atoms with van der Waals surface area (Å²) in [6, 6.07) is 10.8. The lowest BCUT2D eigenvalue weighted by Crippen LogP contribution is -2.38. The summed E-state index contributed by atoms with van der Waals surface area (Å²) >= 11 is 0. The summed E-state index contributed by atoms with van der Waals surface area (Å²) in [6.45, 7) is 2.41. The van der Waals surface area contributed by atoms with Gasteiger partial charge in [0, 0.05) is 36.6 Å². The summed E-state index contributed by atoms with van der Waals surface area (Å²) < 4.78 is 39.9. The van der Waals surface area contributed by atoms with E-state index in [0.717, 1.165) is 16.8 Å². The minimum Gasteiger partial charge on any atom is -0.346 e. The molecule has 2 amide bonds. The number of fused-ring (bicyclic) bond motifs is 1. The smallest absolute Gasteiger partial charge is 0.251 e. The zero-order chi connectivity index (χ0) is 22.2. The fourth-order valence-electron chi connectivity index (χ4n) is 4.39. The third kappa shape index (κ3) is 4.60. The highest BCUT2D eigenvalue weighted by molar-refractivity contribution is 5.97. The van der Waals surface area contributed by atoms with Crippen molar-refractivity contribution in [2.45, 2.75) is 51.0 Å². The number of nitrogens with zero attached hydrogens (tertiary/aromatic N) is 1. The molecule has 2 aromatic rings. The molecule has 0 unspecified atom stereocenters. The largest absolute Gasteiger partial charge is 0.346 e. The van der Waals surface area contributed by atoms with Crippen LogP contribution in [0.1, 0.15) is 60.1 Å². The topological polar surface area (TPSA) is 49.4 Å². The van der Waals surface area contributed by atoms with Gasteiger partial charge in [0.05, 0.1) is 6.04 Å². The number of halogens is 3. The summed E-state index contributed by atoms with van der Waals surface area (Å²) in [7, 11) is 0. The van der Waals surface area contributed by atoms with Crippen molar-refractivity contribution in [2.75, 3.05) is 11.4 Å². The Morgan fingerprint density at radius 1 is 1.10 bits per heavy atom. The van der Waals surface area contributed by atoms with E-state index in [0.29, 0.717) is 18.5 Å². The molecule has 1 aliphatic carbocycles. The molecule has 4 nitrogen and oxygen atoms in total. The molecule has 1 atom stereocenters. The van der Waals surface area contributed by atoms with Crippen molar-refractivity contribution in [1.29, 1.82) is 0 Å². The van der Waals surface area contributed by atoms with Crippen LogP contribution in [0.25, 0.3) is 0 Å². The molecule has 0 saturated heterocycles. The van der Waals surface area contributed by atoms with Crippen molar-refractivity contribution >= 4 is 17.5 Å². The molecule has 4 rings (SSSR count). The van der Waals surface area contributed by atoms with Gasteiger partial charge >= 0.3 is 0 Å². The SMILES string of the molecule is C[C@@H](NC(=O)c1ccc(F)cc1)c1ccc2c(c1)CCN2C(=O)C1CCC(F)(F)CC1. The van der Waals surface area contributed by atoms with Crippen LogP contribution >= 0.6 is 0 Å². The van der Waals surface area contributed by atoms with Gasteiger partial charge in [0.15, 0.2) is 0 Å². The van der Waals surface area contributed by atoms with Gasteiger partial charge in [-0.15, -0.1) is 0 Å². The van der Waals surface area contributed by atoms with Gasteiger partial charge in [0.25, 0.3) is 5.91 Å². The van der Waals surface area contributed by atoms with Crippen LogP contribution in [0.3, 0.4) is 0 Å². The van der Waals surface area contributed by atoms with Gasteiger partial charge in [-0.3, -0.25) is 9.59 Å². The predicted octanol–water partition coefficient (Wildman–Crippen LogP) is 5.03. The minimum absolute atomic E-state index is 0.0698. The van der Waals surface area contributed by atoms with Crippen LogP contribution in [0.2, 0.25) is 0 Å². The molecule has 2 aromatic carbocycles. The van der Waals surface area contributed by atoms with Gasteiger partial charge in [-0.25, -0.2) is 13.2 Å². The number of anilines is 1. The Hall–Kier alpha value is -2.83. The van der Waals surface area contributed by atoms with Gasteiger partial charge in [0.1, 0.15) is 5.82 Å². The first-order chi connectivity index (χ1) is 14.7. The summed E-state index contributed by atoms with van der Waals surface area (Å²) in [5.74, 6) is -3.76. The highest BCUT2D eigenvalue weighted by Crippen LogP contribution is 2.39. The molecule has 2 aliphatic rings. The molecule has 1 N–H and O–H groups in total. The lowest BCUT2D eigenvalue weighted by atomic mass is 9.86. The van der Waals surface area contributed by atoms with E-state index in [4.69, 9.17) is 0 Å². The molecule has 1 saturated carbocycles. The van der Waals surface area contributed by atoms with Crippen molar-refractivity contribution in [3.63, 3.8) is 0 Å². The number of benzene rings is 2. The maximum absolute atomic E-state index is 13.4. The summed E-state index contributed by atoms with van der Waals surface area (Å²) in [5.41, 5.74) is 3.11. The van der Waals surface area contributed by atoms with E-state index >= 15 is 0 Å². The Balaban J connectivity index is 1.42. The third-order valence-corrected chi connectivity index (χ3v) is 6.29. The van der Waals surface area contributed by atoms with Gasteiger partial charge in [-0.2, -0.15) is 0 Å². The number of amides is 2. The molecule has 31 heavy (non-hydrogen) atoms. The highest BCUT2D eigenvalue weighted by atomic mass is 19.3. The van der Waals surface area contributed by atoms with Crippen molar-refractivity contribution < 1.29 is 22.8 Å². The molecule has 7 heteroatoms. The monoisotopic (exact) mass is 430 g/mol. The number of rotatable bonds is 4. The molecule has 1 fully saturated rings. The van der Waals surface area contributed by atoms with Crippen molar-refractivity contribution in [3.05, 3.63) is 65.0 Å². The lowest BCUT2D eigenvalue weighted by molar-refractivity contribution is -0.126. The zero-order valence-electron chi connectivity index (χ0n) is 17.3. The maximum Gasteiger partial charge on any atom is 0.251 e. The van der Waals surface area contributed by atoms with Gasteiger partial charge in [-0.05, 0) is 67.6 Å². The third-order valence-electron chi connectivity index (χ3n) is 6.29. The van der Waals surface area contributed by atoms with Crippen LogP contribution in [-0.4, -0.2) is 24.3 Å². The Morgan fingerprint density at radius 2 is 1.77 bits per heavy atom. The van der Waals surface area contributed by atoms with E-state index < -0.39 is 11.7 Å². The summed E-state index contributed by atoms with van der Waals surface area (Å²) in [5, 5.41) is 2.90. The highest BCUT2D eigenvalue weighted by Gasteiger charge is 2.39. The number of nitrogens with one attached hydrogen (secondary N) is 1. The number of hydrogen-bond acceptors (Lipinski definition) is 2. The van der Waals surface area contributed by atoms with E-state index in [-0.39, 0.29) is 49.5 Å². The van der Waals surface area contributed by atoms with Gasteiger partial charge < -0.3 is 10.2 Å². The van der Waals surface area contributed by atoms with Crippen LogP contribution in [0.4, 0.5) is 18.9 Å². The number of hydrogen-bond donors (Lipinski definition) is 1. The van der Waals surface area contributed by atoms with E-state index in [9.17, 15) is 22.8 Å². The van der Waals surface area contributed by atoms with Crippen LogP contribution in [0.5, 0.6) is 0 Å². The van der Waals surface area contributed by atoms with Gasteiger partial charge in [-0.1, -0.05) is 12.1 Å². The van der Waals surface area contributed by atoms with Crippen LogP contribution in [0, 0.1) is 11.7 Å². The second-order valence-electron chi connectivity index (χ2n) is 8.46. The average Bonchev–Trinajstić information content (AvgIpc) is 3.17. The molecular weight excluding hydrogens is 405 g/mol. The Labute approximate surface area is 179 Å². The van der Waals surface area contributed by atoms with E-state index in [1.807, 2.05) is 25.1 Å². The maximum atomic E-state index is 13.4. The van der Waals surface area contributed by atoms with Crippen LogP contribution < -0.4 is 10.2 Å². The fraction of sp³-hybridized carbons (Fsp3) is 0.417. The van der Waals surface area contributed by atoms with Crippen molar-refractivity contribution in [1.82, 2.24) is 5.32 Å². The molecule has 0 bridgehead atoms. The second-order valence-corrected chi connectivity index (χ2v) is 8.46. The first-order valence-electron chi connectivity index (χ1n) is 10.6. The van der Waals surface area contributed by atoms with Crippen LogP contribution in [0.15, 0.2) is 42.5 Å². The van der Waals surface area contributed by atoms with Gasteiger partial charge in [0.2, 0.25) is 11.8 Å². The van der Waals surface area contributed by atoms with Crippen molar-refractivity contribution in [2.24, 2.45) is 5.92 Å². The Morgan fingerprint density at radius 3 is 2.45 bits per heavy atom. The molecule has 0 radical (unpaired) electrons. The summed E-state index contributed by atoms with van der Waals surface area (Å²) in [6.07, 6.45) is 0.684. The van der Waals surface area contributed by atoms with Crippen LogP contribution in [-0.2, 0) is 11.2 Å². The first-order valence-corrected chi connectivity index (χ1v) is 10.6. The molecule has 0 spiro atoms. The van der Waals surface area contributed by atoms with Crippen molar-refractivity contribution in [3.8, 4) is 0 Å². The van der Waals surface area contributed by atoms with E-state index in [1.54, 1.807) is 4.90 Å². The average molecular weight is 430 g/mol. The molecule has 164 valence electrons. The predicted molar refractivity (Wildman–Crippen MR) is 112 cm³/mol. The second kappa shape index (κ2) is 8.36. The quantitative estimate of drug-likeness (QED) is 0.740. The minimum atomic E-state index is -2.65. The van der Waals surface area contributed by atoms with E-state index in [2.05, 4.69) is 5.32 Å². The first kappa shape index (κ1) is 21.4. The summed E-state index contributed by atoms with van der Waals surface area (Å²) in [4.78, 5) is 27.0. The number of alkyl halides is 2. The molecule has 1 aliphatic heterocycles. The lowest BCUT2D eigenvalue weighted by Gasteiger charge is -2.30. The standard InChI is InChI=1S/C24H25F3N2O2/c1-15(28-22(30)16-2-5-20(25)6-3-16)18-4-7-21-19(14-18)10-13-29(21)23(31)17-8-11-24(26,27)12-9-17/h2-7,14-15,17H,8-13H2,1H3,(H,28,30)/t15-/m1/s1. The van der Waals surface area contributed by atoms with E-state index in [1.165, 1.54) is 24.3 Å². The number of carbonyl (C=O) groups excluding carboxylic acids is 2. The Kier molecular flexibility index (Phi) is 5.77. The fourth-order valence-corrected chi connectivity index (χ4v) is 4.39. The molecule has 0 aromatic heterocycles.